The molecule has 6 nitrogen and oxygen atoms in total. The zero-order chi connectivity index (χ0) is 20.9. The number of likely N-dealkylation sites (N-methyl/N-ethyl adjacent to an activating group) is 1. The lowest BCUT2D eigenvalue weighted by molar-refractivity contribution is -0.127. The molecule has 0 bridgehead atoms. The monoisotopic (exact) mass is 402 g/mol. The van der Waals surface area contributed by atoms with Gasteiger partial charge in [0.15, 0.2) is 6.10 Å². The number of amides is 2. The summed E-state index contributed by atoms with van der Waals surface area (Å²) in [6, 6.07) is 24.1. The molecule has 0 aromatic heterocycles. The molecule has 3 aromatic rings. The van der Waals surface area contributed by atoms with Crippen molar-refractivity contribution in [2.75, 3.05) is 18.5 Å². The molecule has 1 aliphatic heterocycles. The van der Waals surface area contributed by atoms with Crippen LogP contribution in [0.3, 0.4) is 0 Å². The van der Waals surface area contributed by atoms with Crippen molar-refractivity contribution in [1.82, 2.24) is 5.32 Å². The molecule has 0 saturated heterocycles. The lowest BCUT2D eigenvalue weighted by Crippen LogP contribution is -2.50. The van der Waals surface area contributed by atoms with E-state index < -0.39 is 6.10 Å². The van der Waals surface area contributed by atoms with Gasteiger partial charge in [-0.1, -0.05) is 48.5 Å². The Morgan fingerprint density at radius 1 is 1.03 bits per heavy atom. The number of fused-ring (bicyclic) bond motifs is 1. The van der Waals surface area contributed by atoms with Gasteiger partial charge in [-0.05, 0) is 35.9 Å². The van der Waals surface area contributed by atoms with Gasteiger partial charge in [-0.15, -0.1) is 0 Å². The standard InChI is InChI=1S/C24H22N2O4/c1-25-23(27)22-15-26(20-12-5-6-13-21(20)30-22)24(28)18-10-7-11-19(14-18)29-16-17-8-3-2-4-9-17/h2-14,22H,15-16H2,1H3,(H,25,27). The molecule has 1 aliphatic rings. The Kier molecular flexibility index (Phi) is 5.66. The van der Waals surface area contributed by atoms with Crippen molar-refractivity contribution in [3.05, 3.63) is 90.0 Å². The third-order valence-electron chi connectivity index (χ3n) is 4.89. The van der Waals surface area contributed by atoms with Gasteiger partial charge < -0.3 is 19.7 Å². The second-order valence-electron chi connectivity index (χ2n) is 6.91. The molecule has 4 rings (SSSR count). The number of hydrogen-bond donors (Lipinski definition) is 1. The van der Waals surface area contributed by atoms with Crippen LogP contribution in [0.4, 0.5) is 5.69 Å². The molecular formula is C24H22N2O4. The van der Waals surface area contributed by atoms with E-state index in [-0.39, 0.29) is 18.4 Å². The van der Waals surface area contributed by atoms with Crippen molar-refractivity contribution in [3.63, 3.8) is 0 Å². The molecule has 1 unspecified atom stereocenters. The van der Waals surface area contributed by atoms with Crippen molar-refractivity contribution in [2.24, 2.45) is 0 Å². The van der Waals surface area contributed by atoms with Crippen LogP contribution in [0.15, 0.2) is 78.9 Å². The summed E-state index contributed by atoms with van der Waals surface area (Å²) in [7, 11) is 1.55. The van der Waals surface area contributed by atoms with Crippen LogP contribution < -0.4 is 19.7 Å². The Morgan fingerprint density at radius 3 is 2.60 bits per heavy atom. The first-order chi connectivity index (χ1) is 14.7. The number of rotatable bonds is 5. The highest BCUT2D eigenvalue weighted by Crippen LogP contribution is 2.34. The van der Waals surface area contributed by atoms with E-state index in [1.807, 2.05) is 54.6 Å². The van der Waals surface area contributed by atoms with E-state index in [1.165, 1.54) is 0 Å². The SMILES string of the molecule is CNC(=O)C1CN(C(=O)c2cccc(OCc3ccccc3)c2)c2ccccc2O1. The van der Waals surface area contributed by atoms with Crippen LogP contribution in [0.2, 0.25) is 0 Å². The van der Waals surface area contributed by atoms with Gasteiger partial charge >= 0.3 is 0 Å². The molecule has 2 amide bonds. The molecule has 0 aliphatic carbocycles. The van der Waals surface area contributed by atoms with Crippen LogP contribution in [0.5, 0.6) is 11.5 Å². The number of ether oxygens (including phenoxy) is 2. The first-order valence-corrected chi connectivity index (χ1v) is 9.71. The van der Waals surface area contributed by atoms with Gasteiger partial charge in [0.25, 0.3) is 11.8 Å². The summed E-state index contributed by atoms with van der Waals surface area (Å²) >= 11 is 0. The Bertz CT molecular complexity index is 1050. The van der Waals surface area contributed by atoms with Crippen LogP contribution in [-0.2, 0) is 11.4 Å². The van der Waals surface area contributed by atoms with Gasteiger partial charge in [0.1, 0.15) is 18.1 Å². The molecule has 1 N–H and O–H groups in total. The molecule has 0 radical (unpaired) electrons. The fourth-order valence-electron chi connectivity index (χ4n) is 3.34. The molecule has 0 fully saturated rings. The molecule has 30 heavy (non-hydrogen) atoms. The van der Waals surface area contributed by atoms with Gasteiger partial charge in [0, 0.05) is 12.6 Å². The number of hydrogen-bond acceptors (Lipinski definition) is 4. The summed E-state index contributed by atoms with van der Waals surface area (Å²) in [5, 5.41) is 2.58. The predicted molar refractivity (Wildman–Crippen MR) is 114 cm³/mol. The van der Waals surface area contributed by atoms with E-state index >= 15 is 0 Å². The van der Waals surface area contributed by atoms with Crippen molar-refractivity contribution in [2.45, 2.75) is 12.7 Å². The minimum Gasteiger partial charge on any atom is -0.489 e. The number of benzene rings is 3. The maximum absolute atomic E-state index is 13.3. The zero-order valence-electron chi connectivity index (χ0n) is 16.6. The predicted octanol–water partition coefficient (Wildman–Crippen LogP) is 3.42. The topological polar surface area (TPSA) is 67.9 Å². The fraction of sp³-hybridized carbons (Fsp3) is 0.167. The van der Waals surface area contributed by atoms with Gasteiger partial charge in [0.05, 0.1) is 12.2 Å². The largest absolute Gasteiger partial charge is 0.489 e. The molecule has 0 saturated carbocycles. The average molecular weight is 402 g/mol. The van der Waals surface area contributed by atoms with Gasteiger partial charge in [-0.25, -0.2) is 0 Å². The summed E-state index contributed by atoms with van der Waals surface area (Å²) in [6.45, 7) is 0.544. The summed E-state index contributed by atoms with van der Waals surface area (Å²) in [5.74, 6) is 0.614. The molecular weight excluding hydrogens is 380 g/mol. The quantitative estimate of drug-likeness (QED) is 0.710. The Morgan fingerprint density at radius 2 is 1.80 bits per heavy atom. The third-order valence-corrected chi connectivity index (χ3v) is 4.89. The summed E-state index contributed by atoms with van der Waals surface area (Å²) in [4.78, 5) is 27.1. The number of carbonyl (C=O) groups is 2. The minimum atomic E-state index is -0.772. The third kappa shape index (κ3) is 4.12. The van der Waals surface area contributed by atoms with Crippen molar-refractivity contribution in [3.8, 4) is 11.5 Å². The second-order valence-corrected chi connectivity index (χ2v) is 6.91. The van der Waals surface area contributed by atoms with Crippen LogP contribution in [-0.4, -0.2) is 31.5 Å². The zero-order valence-corrected chi connectivity index (χ0v) is 16.6. The highest BCUT2D eigenvalue weighted by molar-refractivity contribution is 6.08. The molecule has 3 aromatic carbocycles. The van der Waals surface area contributed by atoms with Crippen molar-refractivity contribution < 1.29 is 19.1 Å². The van der Waals surface area contributed by atoms with Crippen LogP contribution >= 0.6 is 0 Å². The first-order valence-electron chi connectivity index (χ1n) is 9.71. The van der Waals surface area contributed by atoms with E-state index in [4.69, 9.17) is 9.47 Å². The Balaban J connectivity index is 1.56. The van der Waals surface area contributed by atoms with E-state index in [0.717, 1.165) is 5.56 Å². The van der Waals surface area contributed by atoms with E-state index in [1.54, 1.807) is 36.2 Å². The maximum Gasteiger partial charge on any atom is 0.262 e. The number of anilines is 1. The second kappa shape index (κ2) is 8.69. The molecule has 152 valence electrons. The van der Waals surface area contributed by atoms with Gasteiger partial charge in [-0.3, -0.25) is 9.59 Å². The summed E-state index contributed by atoms with van der Waals surface area (Å²) < 4.78 is 11.6. The van der Waals surface area contributed by atoms with E-state index in [2.05, 4.69) is 5.32 Å². The molecule has 1 atom stereocenters. The average Bonchev–Trinajstić information content (AvgIpc) is 2.82. The molecule has 6 heteroatoms. The summed E-state index contributed by atoms with van der Waals surface area (Å²) in [5.41, 5.74) is 2.16. The Labute approximate surface area is 175 Å². The minimum absolute atomic E-state index is 0.130. The van der Waals surface area contributed by atoms with Gasteiger partial charge in [-0.2, -0.15) is 0 Å². The fourth-order valence-corrected chi connectivity index (χ4v) is 3.34. The van der Waals surface area contributed by atoms with Crippen LogP contribution in [0.25, 0.3) is 0 Å². The number of para-hydroxylation sites is 2. The first kappa shape index (κ1) is 19.5. The van der Waals surface area contributed by atoms with E-state index in [9.17, 15) is 9.59 Å². The number of nitrogens with one attached hydrogen (secondary N) is 1. The highest BCUT2D eigenvalue weighted by atomic mass is 16.5. The lowest BCUT2D eigenvalue weighted by Gasteiger charge is -2.34. The van der Waals surface area contributed by atoms with Crippen LogP contribution in [0.1, 0.15) is 15.9 Å². The van der Waals surface area contributed by atoms with Crippen LogP contribution in [0, 0.1) is 0 Å². The summed E-state index contributed by atoms with van der Waals surface area (Å²) in [6.07, 6.45) is -0.772. The smallest absolute Gasteiger partial charge is 0.262 e. The normalized spacial score (nSPS) is 15.0. The van der Waals surface area contributed by atoms with Crippen molar-refractivity contribution in [1.29, 1.82) is 0 Å². The maximum atomic E-state index is 13.3. The number of nitrogens with zero attached hydrogens (tertiary/aromatic N) is 1. The Hall–Kier alpha value is -3.80. The number of carbonyl (C=O) groups excluding carboxylic acids is 2. The van der Waals surface area contributed by atoms with Gasteiger partial charge in [0.2, 0.25) is 0 Å². The molecule has 0 spiro atoms. The van der Waals surface area contributed by atoms with E-state index in [0.29, 0.717) is 29.4 Å². The lowest BCUT2D eigenvalue weighted by atomic mass is 10.1. The highest BCUT2D eigenvalue weighted by Gasteiger charge is 2.33. The van der Waals surface area contributed by atoms with Crippen molar-refractivity contribution >= 4 is 17.5 Å². The molecule has 1 heterocycles.